The van der Waals surface area contributed by atoms with E-state index in [4.69, 9.17) is 12.2 Å². The van der Waals surface area contributed by atoms with Gasteiger partial charge in [-0.2, -0.15) is 5.10 Å². The molecule has 2 rings (SSSR count). The number of hydrazone groups is 1. The average molecular weight is 277 g/mol. The number of pyridine rings is 1. The lowest BCUT2D eigenvalue weighted by Gasteiger charge is -2.33. The summed E-state index contributed by atoms with van der Waals surface area (Å²) in [6, 6.07) is 5.76. The van der Waals surface area contributed by atoms with Crippen LogP contribution >= 0.6 is 12.2 Å². The highest BCUT2D eigenvalue weighted by Gasteiger charge is 2.15. The zero-order valence-electron chi connectivity index (χ0n) is 11.3. The minimum atomic E-state index is 0.684. The van der Waals surface area contributed by atoms with E-state index in [1.165, 1.54) is 0 Å². The molecule has 0 aliphatic carbocycles. The number of aromatic nitrogens is 1. The van der Waals surface area contributed by atoms with Gasteiger partial charge in [0.1, 0.15) is 0 Å². The summed E-state index contributed by atoms with van der Waals surface area (Å²) in [6.45, 7) is 5.87. The SMILES string of the molecule is C/C(=N/NC(=S)N1CCN(C)CC1)c1ccccn1. The third-order valence-electron chi connectivity index (χ3n) is 3.15. The normalized spacial score (nSPS) is 17.4. The summed E-state index contributed by atoms with van der Waals surface area (Å²) >= 11 is 5.35. The van der Waals surface area contributed by atoms with Gasteiger partial charge < -0.3 is 9.80 Å². The lowest BCUT2D eigenvalue weighted by Crippen LogP contribution is -2.49. The number of piperazine rings is 1. The maximum atomic E-state index is 5.35. The largest absolute Gasteiger partial charge is 0.345 e. The zero-order valence-corrected chi connectivity index (χ0v) is 12.2. The van der Waals surface area contributed by atoms with Crippen LogP contribution in [0.5, 0.6) is 0 Å². The molecule has 1 fully saturated rings. The van der Waals surface area contributed by atoms with Gasteiger partial charge in [-0.05, 0) is 38.3 Å². The maximum Gasteiger partial charge on any atom is 0.189 e. The predicted octanol–water partition coefficient (Wildman–Crippen LogP) is 0.927. The summed E-state index contributed by atoms with van der Waals surface area (Å²) in [5.74, 6) is 0. The van der Waals surface area contributed by atoms with E-state index in [0.717, 1.165) is 37.6 Å². The van der Waals surface area contributed by atoms with Crippen LogP contribution in [0.2, 0.25) is 0 Å². The lowest BCUT2D eigenvalue weighted by molar-refractivity contribution is 0.214. The van der Waals surface area contributed by atoms with E-state index >= 15 is 0 Å². The summed E-state index contributed by atoms with van der Waals surface area (Å²) in [6.07, 6.45) is 1.76. The smallest absolute Gasteiger partial charge is 0.189 e. The number of nitrogens with one attached hydrogen (secondary N) is 1. The maximum absolute atomic E-state index is 5.35. The number of thiocarbonyl (C=S) groups is 1. The van der Waals surface area contributed by atoms with Crippen molar-refractivity contribution in [3.63, 3.8) is 0 Å². The fraction of sp³-hybridized carbons (Fsp3) is 0.462. The molecule has 0 unspecified atom stereocenters. The van der Waals surface area contributed by atoms with Crippen LogP contribution in [0.15, 0.2) is 29.5 Å². The average Bonchev–Trinajstić information content (AvgIpc) is 2.46. The van der Waals surface area contributed by atoms with Crippen molar-refractivity contribution in [3.05, 3.63) is 30.1 Å². The van der Waals surface area contributed by atoms with Gasteiger partial charge in [-0.25, -0.2) is 0 Å². The van der Waals surface area contributed by atoms with Crippen LogP contribution in [0.3, 0.4) is 0 Å². The highest BCUT2D eigenvalue weighted by atomic mass is 32.1. The predicted molar refractivity (Wildman–Crippen MR) is 81.3 cm³/mol. The molecule has 0 amide bonds. The topological polar surface area (TPSA) is 43.8 Å². The minimum Gasteiger partial charge on any atom is -0.345 e. The van der Waals surface area contributed by atoms with E-state index in [9.17, 15) is 0 Å². The number of likely N-dealkylation sites (N-methyl/N-ethyl adjacent to an activating group) is 1. The molecule has 0 bridgehead atoms. The molecule has 6 heteroatoms. The van der Waals surface area contributed by atoms with E-state index in [0.29, 0.717) is 5.11 Å². The Morgan fingerprint density at radius 3 is 2.68 bits per heavy atom. The number of hydrogen-bond acceptors (Lipinski definition) is 4. The van der Waals surface area contributed by atoms with Crippen molar-refractivity contribution in [2.45, 2.75) is 6.92 Å². The van der Waals surface area contributed by atoms with E-state index in [-0.39, 0.29) is 0 Å². The summed E-state index contributed by atoms with van der Waals surface area (Å²) < 4.78 is 0. The van der Waals surface area contributed by atoms with Crippen molar-refractivity contribution in [1.82, 2.24) is 20.2 Å². The van der Waals surface area contributed by atoms with Crippen molar-refractivity contribution in [3.8, 4) is 0 Å². The van der Waals surface area contributed by atoms with Gasteiger partial charge >= 0.3 is 0 Å². The Kier molecular flexibility index (Phi) is 4.81. The molecule has 1 aromatic heterocycles. The molecule has 0 radical (unpaired) electrons. The van der Waals surface area contributed by atoms with Gasteiger partial charge in [0.25, 0.3) is 0 Å². The van der Waals surface area contributed by atoms with Crippen molar-refractivity contribution >= 4 is 23.0 Å². The number of rotatable bonds is 2. The first-order valence-electron chi connectivity index (χ1n) is 6.36. The van der Waals surface area contributed by atoms with Crippen LogP contribution < -0.4 is 5.43 Å². The first-order chi connectivity index (χ1) is 9.16. The number of hydrogen-bond donors (Lipinski definition) is 1. The molecule has 0 atom stereocenters. The molecule has 19 heavy (non-hydrogen) atoms. The van der Waals surface area contributed by atoms with Crippen molar-refractivity contribution in [1.29, 1.82) is 0 Å². The summed E-state index contributed by atoms with van der Waals surface area (Å²) in [4.78, 5) is 8.68. The van der Waals surface area contributed by atoms with Gasteiger partial charge in [0, 0.05) is 32.4 Å². The Morgan fingerprint density at radius 1 is 1.32 bits per heavy atom. The Hall–Kier alpha value is -1.53. The molecule has 2 heterocycles. The molecule has 0 spiro atoms. The van der Waals surface area contributed by atoms with Gasteiger partial charge in [0.2, 0.25) is 0 Å². The molecule has 102 valence electrons. The third-order valence-corrected chi connectivity index (χ3v) is 3.49. The van der Waals surface area contributed by atoms with Crippen molar-refractivity contribution < 1.29 is 0 Å². The second-order valence-corrected chi connectivity index (χ2v) is 5.01. The van der Waals surface area contributed by atoms with Crippen LogP contribution in [0.4, 0.5) is 0 Å². The first-order valence-corrected chi connectivity index (χ1v) is 6.77. The van der Waals surface area contributed by atoms with E-state index in [1.54, 1.807) is 6.20 Å². The van der Waals surface area contributed by atoms with Gasteiger partial charge in [0.15, 0.2) is 5.11 Å². The second-order valence-electron chi connectivity index (χ2n) is 4.62. The molecule has 1 aromatic rings. The van der Waals surface area contributed by atoms with Crippen LogP contribution in [-0.4, -0.2) is 58.8 Å². The first kappa shape index (κ1) is 13.9. The highest BCUT2D eigenvalue weighted by Crippen LogP contribution is 2.00. The van der Waals surface area contributed by atoms with Crippen LogP contribution in [0.25, 0.3) is 0 Å². The summed E-state index contributed by atoms with van der Waals surface area (Å²) in [5.41, 5.74) is 4.64. The molecular weight excluding hydrogens is 258 g/mol. The summed E-state index contributed by atoms with van der Waals surface area (Å²) in [5, 5.41) is 4.98. The molecule has 1 saturated heterocycles. The van der Waals surface area contributed by atoms with Gasteiger partial charge in [-0.3, -0.25) is 10.4 Å². The van der Waals surface area contributed by atoms with E-state index in [1.807, 2.05) is 25.1 Å². The zero-order chi connectivity index (χ0) is 13.7. The second kappa shape index (κ2) is 6.58. The fourth-order valence-corrected chi connectivity index (χ4v) is 2.07. The highest BCUT2D eigenvalue weighted by molar-refractivity contribution is 7.80. The molecule has 5 nitrogen and oxygen atoms in total. The van der Waals surface area contributed by atoms with Crippen molar-refractivity contribution in [2.24, 2.45) is 5.10 Å². The summed E-state index contributed by atoms with van der Waals surface area (Å²) in [7, 11) is 2.12. The van der Waals surface area contributed by atoms with Crippen LogP contribution in [0.1, 0.15) is 12.6 Å². The molecule has 1 aliphatic heterocycles. The molecule has 1 N–H and O–H groups in total. The van der Waals surface area contributed by atoms with Crippen molar-refractivity contribution in [2.75, 3.05) is 33.2 Å². The Morgan fingerprint density at radius 2 is 2.05 bits per heavy atom. The fourth-order valence-electron chi connectivity index (χ4n) is 1.85. The van der Waals surface area contributed by atoms with Gasteiger partial charge in [-0.1, -0.05) is 6.07 Å². The molecule has 0 saturated carbocycles. The Labute approximate surface area is 119 Å². The van der Waals surface area contributed by atoms with Crippen LogP contribution in [0, 0.1) is 0 Å². The van der Waals surface area contributed by atoms with Crippen LogP contribution in [-0.2, 0) is 0 Å². The number of nitrogens with zero attached hydrogens (tertiary/aromatic N) is 4. The minimum absolute atomic E-state index is 0.684. The molecular formula is C13H19N5S. The van der Waals surface area contributed by atoms with E-state index < -0.39 is 0 Å². The molecule has 1 aliphatic rings. The Bertz CT molecular complexity index is 451. The third kappa shape index (κ3) is 3.97. The lowest BCUT2D eigenvalue weighted by atomic mass is 10.3. The quantitative estimate of drug-likeness (QED) is 0.495. The Balaban J connectivity index is 1.89. The standard InChI is InChI=1S/C13H19N5S/c1-11(12-5-3-4-6-14-12)15-16-13(19)18-9-7-17(2)8-10-18/h3-6H,7-10H2,1-2H3,(H,16,19)/b15-11-. The monoisotopic (exact) mass is 277 g/mol. The van der Waals surface area contributed by atoms with E-state index in [2.05, 4.69) is 32.4 Å². The van der Waals surface area contributed by atoms with Gasteiger partial charge in [0.05, 0.1) is 11.4 Å². The molecule has 0 aromatic carbocycles. The van der Waals surface area contributed by atoms with Gasteiger partial charge in [-0.15, -0.1) is 0 Å².